The number of nitrogens with zero attached hydrogens (tertiary/aromatic N) is 2. The molecule has 2 aromatic heterocycles. The molecule has 0 saturated heterocycles. The third kappa shape index (κ3) is 5.25. The summed E-state index contributed by atoms with van der Waals surface area (Å²) in [6.07, 6.45) is 1.26. The summed E-state index contributed by atoms with van der Waals surface area (Å²) >= 11 is 6.27. The third-order valence-corrected chi connectivity index (χ3v) is 4.85. The molecule has 0 aliphatic heterocycles. The van der Waals surface area contributed by atoms with E-state index in [0.29, 0.717) is 5.69 Å². The van der Waals surface area contributed by atoms with Gasteiger partial charge in [0.25, 0.3) is 0 Å². The van der Waals surface area contributed by atoms with Crippen molar-refractivity contribution in [2.45, 2.75) is 25.1 Å². The second kappa shape index (κ2) is 10.1. The molecule has 0 fully saturated rings. The van der Waals surface area contributed by atoms with Crippen LogP contribution < -0.4 is 16.2 Å². The lowest BCUT2D eigenvalue weighted by Crippen LogP contribution is -2.56. The molecule has 10 nitrogen and oxygen atoms in total. The van der Waals surface area contributed by atoms with Gasteiger partial charge in [0.15, 0.2) is 11.1 Å². The molecule has 0 aliphatic rings. The Morgan fingerprint density at radius 3 is 2.78 bits per heavy atom. The number of fused-ring (bicyclic) bond motifs is 1. The van der Waals surface area contributed by atoms with Gasteiger partial charge in [0.1, 0.15) is 18.2 Å². The van der Waals surface area contributed by atoms with E-state index in [0.717, 1.165) is 10.8 Å². The molecule has 0 spiro atoms. The number of hydrogen-bond acceptors (Lipinski definition) is 9. The number of benzene rings is 1. The number of aromatic nitrogens is 2. The third-order valence-electron chi connectivity index (χ3n) is 4.55. The van der Waals surface area contributed by atoms with Crippen LogP contribution >= 0.6 is 11.6 Å². The molecule has 0 saturated carbocycles. The second-order valence-corrected chi connectivity index (χ2v) is 7.40. The smallest absolute Gasteiger partial charge is 0.420 e. The first kappa shape index (κ1) is 23.7. The molecule has 0 aliphatic carbocycles. The van der Waals surface area contributed by atoms with Crippen molar-refractivity contribution < 1.29 is 33.3 Å². The number of halogens is 2. The number of rotatable bonds is 10. The van der Waals surface area contributed by atoms with Crippen molar-refractivity contribution in [2.24, 2.45) is 5.73 Å². The normalized spacial score (nSPS) is 13.2. The summed E-state index contributed by atoms with van der Waals surface area (Å²) in [6.45, 7) is -1.53. The summed E-state index contributed by atoms with van der Waals surface area (Å²) in [5, 5.41) is 18.6. The van der Waals surface area contributed by atoms with Crippen LogP contribution in [0.25, 0.3) is 11.1 Å². The van der Waals surface area contributed by atoms with Crippen LogP contribution in [0.4, 0.5) is 4.39 Å². The fourth-order valence-electron chi connectivity index (χ4n) is 2.80. The molecule has 12 heteroatoms. The van der Waals surface area contributed by atoms with Crippen molar-refractivity contribution in [3.05, 3.63) is 57.5 Å². The van der Waals surface area contributed by atoms with E-state index in [4.69, 9.17) is 36.3 Å². The standard InChI is InChI=1S/C20H21ClFN3O7/c21-14-6-15-17(7-16(14)31-9-13-3-2-12(22)8-24-13)32-19(29)25(15)10-20(23,11-27)18(28)30-5-1-4-26/h2-3,6-8,26-27H,1,4-5,9-11,23H2. The van der Waals surface area contributed by atoms with E-state index in [2.05, 4.69) is 4.98 Å². The number of ether oxygens (including phenoxy) is 2. The van der Waals surface area contributed by atoms with E-state index in [9.17, 15) is 19.1 Å². The van der Waals surface area contributed by atoms with Gasteiger partial charge in [-0.05, 0) is 18.2 Å². The Morgan fingerprint density at radius 1 is 1.34 bits per heavy atom. The first-order valence-corrected chi connectivity index (χ1v) is 9.89. The number of aliphatic hydroxyl groups is 2. The molecule has 32 heavy (non-hydrogen) atoms. The van der Waals surface area contributed by atoms with E-state index >= 15 is 0 Å². The van der Waals surface area contributed by atoms with Crippen LogP contribution in [0.5, 0.6) is 5.75 Å². The maximum Gasteiger partial charge on any atom is 0.420 e. The first-order chi connectivity index (χ1) is 15.3. The van der Waals surface area contributed by atoms with Gasteiger partial charge in [-0.15, -0.1) is 0 Å². The Bertz CT molecular complexity index is 1150. The highest BCUT2D eigenvalue weighted by Crippen LogP contribution is 2.31. The molecule has 3 aromatic rings. The van der Waals surface area contributed by atoms with Crippen LogP contribution in [0.1, 0.15) is 12.1 Å². The van der Waals surface area contributed by atoms with Crippen LogP contribution in [0, 0.1) is 5.82 Å². The Hall–Kier alpha value is -2.99. The molecule has 0 amide bonds. The Balaban J connectivity index is 1.83. The van der Waals surface area contributed by atoms with E-state index in [-0.39, 0.29) is 48.1 Å². The molecule has 4 N–H and O–H groups in total. The minimum Gasteiger partial charge on any atom is -0.486 e. The summed E-state index contributed by atoms with van der Waals surface area (Å²) in [7, 11) is 0. The number of carbonyl (C=O) groups is 1. The number of oxazole rings is 1. The molecule has 0 bridgehead atoms. The van der Waals surface area contributed by atoms with Gasteiger partial charge in [0.05, 0.1) is 42.2 Å². The molecule has 3 rings (SSSR count). The van der Waals surface area contributed by atoms with Gasteiger partial charge in [-0.3, -0.25) is 9.55 Å². The Morgan fingerprint density at radius 2 is 2.12 bits per heavy atom. The van der Waals surface area contributed by atoms with Crippen LogP contribution in [-0.4, -0.2) is 51.1 Å². The van der Waals surface area contributed by atoms with Crippen LogP contribution in [0.15, 0.2) is 39.7 Å². The summed E-state index contributed by atoms with van der Waals surface area (Å²) in [4.78, 5) is 28.6. The van der Waals surface area contributed by atoms with E-state index in [1.165, 1.54) is 24.3 Å². The number of aliphatic hydroxyl groups excluding tert-OH is 2. The van der Waals surface area contributed by atoms with Gasteiger partial charge < -0.3 is 29.8 Å². The monoisotopic (exact) mass is 469 g/mol. The van der Waals surface area contributed by atoms with Crippen molar-refractivity contribution >= 4 is 28.7 Å². The first-order valence-electron chi connectivity index (χ1n) is 9.51. The SMILES string of the molecule is NC(CO)(Cn1c(=O)oc2cc(OCc3ccc(F)cn3)c(Cl)cc21)C(=O)OCCCO. The lowest BCUT2D eigenvalue weighted by molar-refractivity contribution is -0.152. The Labute approximate surface area is 185 Å². The number of hydrogen-bond donors (Lipinski definition) is 3. The molecule has 1 atom stereocenters. The van der Waals surface area contributed by atoms with Crippen molar-refractivity contribution in [1.82, 2.24) is 9.55 Å². The molecule has 1 aromatic carbocycles. The molecule has 172 valence electrons. The fraction of sp³-hybridized carbons (Fsp3) is 0.350. The van der Waals surface area contributed by atoms with Gasteiger partial charge in [0.2, 0.25) is 0 Å². The topological polar surface area (TPSA) is 150 Å². The Kier molecular flexibility index (Phi) is 7.46. The minimum atomic E-state index is -1.92. The second-order valence-electron chi connectivity index (χ2n) is 6.99. The summed E-state index contributed by atoms with van der Waals surface area (Å²) in [6, 6.07) is 5.47. The summed E-state index contributed by atoms with van der Waals surface area (Å²) in [5.74, 6) is -2.06. The molecule has 1 unspecified atom stereocenters. The van der Waals surface area contributed by atoms with Gasteiger partial charge >= 0.3 is 11.7 Å². The quantitative estimate of drug-likeness (QED) is 0.291. The van der Waals surface area contributed by atoms with Crippen LogP contribution in [0.2, 0.25) is 5.02 Å². The average Bonchev–Trinajstić information content (AvgIpc) is 3.07. The van der Waals surface area contributed by atoms with Crippen molar-refractivity contribution in [3.8, 4) is 5.75 Å². The molecule has 2 heterocycles. The lowest BCUT2D eigenvalue weighted by atomic mass is 10.0. The number of pyridine rings is 1. The van der Waals surface area contributed by atoms with E-state index in [1.54, 1.807) is 0 Å². The maximum absolute atomic E-state index is 13.0. The highest BCUT2D eigenvalue weighted by atomic mass is 35.5. The number of carbonyl (C=O) groups excluding carboxylic acids is 1. The van der Waals surface area contributed by atoms with Gasteiger partial charge in [-0.2, -0.15) is 0 Å². The largest absolute Gasteiger partial charge is 0.486 e. The number of nitrogens with two attached hydrogens (primary N) is 1. The zero-order valence-electron chi connectivity index (χ0n) is 16.8. The highest BCUT2D eigenvalue weighted by Gasteiger charge is 2.37. The lowest BCUT2D eigenvalue weighted by Gasteiger charge is -2.25. The van der Waals surface area contributed by atoms with Crippen LogP contribution in [0.3, 0.4) is 0 Å². The van der Waals surface area contributed by atoms with Gasteiger partial charge in [-0.25, -0.2) is 14.0 Å². The molecular weight excluding hydrogens is 449 g/mol. The average molecular weight is 470 g/mol. The summed E-state index contributed by atoms with van der Waals surface area (Å²) in [5.41, 5.74) is 4.84. The number of esters is 1. The van der Waals surface area contributed by atoms with E-state index in [1.807, 2.05) is 0 Å². The molecular formula is C20H21ClFN3O7. The van der Waals surface area contributed by atoms with Crippen LogP contribution in [-0.2, 0) is 22.7 Å². The maximum atomic E-state index is 13.0. The molecule has 0 radical (unpaired) electrons. The van der Waals surface area contributed by atoms with Gasteiger partial charge in [-0.1, -0.05) is 11.6 Å². The predicted octanol–water partition coefficient (Wildman–Crippen LogP) is 0.976. The van der Waals surface area contributed by atoms with Crippen molar-refractivity contribution in [2.75, 3.05) is 19.8 Å². The zero-order valence-corrected chi connectivity index (χ0v) is 17.5. The zero-order chi connectivity index (χ0) is 23.3. The van der Waals surface area contributed by atoms with Gasteiger partial charge in [0, 0.05) is 19.1 Å². The van der Waals surface area contributed by atoms with Crippen molar-refractivity contribution in [3.63, 3.8) is 0 Å². The van der Waals surface area contributed by atoms with Crippen molar-refractivity contribution in [1.29, 1.82) is 0 Å². The highest BCUT2D eigenvalue weighted by molar-refractivity contribution is 6.32. The predicted molar refractivity (Wildman–Crippen MR) is 111 cm³/mol. The minimum absolute atomic E-state index is 0.00739. The summed E-state index contributed by atoms with van der Waals surface area (Å²) < 4.78 is 29.8. The van der Waals surface area contributed by atoms with E-state index < -0.39 is 36.2 Å². The fourth-order valence-corrected chi connectivity index (χ4v) is 3.02.